The predicted molar refractivity (Wildman–Crippen MR) is 69.6 cm³/mol. The summed E-state index contributed by atoms with van der Waals surface area (Å²) in [6.45, 7) is 8.15. The number of aromatic nitrogens is 4. The Morgan fingerprint density at radius 1 is 1.53 bits per heavy atom. The summed E-state index contributed by atoms with van der Waals surface area (Å²) in [5, 5.41) is 21.1. The Bertz CT molecular complexity index is 479. The van der Waals surface area contributed by atoms with Gasteiger partial charge in [0.1, 0.15) is 0 Å². The van der Waals surface area contributed by atoms with Gasteiger partial charge in [-0.25, -0.2) is 4.68 Å². The molecule has 1 aromatic heterocycles. The predicted octanol–water partition coefficient (Wildman–Crippen LogP) is 2.08. The molecule has 0 aromatic carbocycles. The molecule has 1 saturated carbocycles. The molecular weight excluding hydrogens is 244 g/mol. The SMILES string of the molecule is CC(C)(Cn1nnnc1C1CCCC1(C)C)C(=O)O. The van der Waals surface area contributed by atoms with Crippen LogP contribution in [0.4, 0.5) is 0 Å². The van der Waals surface area contributed by atoms with Crippen LogP contribution in [-0.2, 0) is 11.3 Å². The minimum absolute atomic E-state index is 0.180. The Labute approximate surface area is 113 Å². The van der Waals surface area contributed by atoms with Gasteiger partial charge in [-0.2, -0.15) is 0 Å². The van der Waals surface area contributed by atoms with E-state index in [9.17, 15) is 9.90 Å². The third kappa shape index (κ3) is 2.62. The van der Waals surface area contributed by atoms with E-state index in [0.29, 0.717) is 12.5 Å². The fourth-order valence-corrected chi connectivity index (χ4v) is 2.82. The number of carboxylic acid groups (broad SMARTS) is 1. The second kappa shape index (κ2) is 4.58. The van der Waals surface area contributed by atoms with Crippen molar-refractivity contribution in [1.29, 1.82) is 0 Å². The molecule has 6 heteroatoms. The van der Waals surface area contributed by atoms with E-state index >= 15 is 0 Å². The first kappa shape index (κ1) is 14.0. The second-order valence-electron chi connectivity index (χ2n) is 6.82. The normalized spacial score (nSPS) is 22.6. The largest absolute Gasteiger partial charge is 0.481 e. The molecule has 2 rings (SSSR count). The lowest BCUT2D eigenvalue weighted by Gasteiger charge is -2.27. The van der Waals surface area contributed by atoms with Gasteiger partial charge in [-0.15, -0.1) is 5.10 Å². The monoisotopic (exact) mass is 266 g/mol. The summed E-state index contributed by atoms with van der Waals surface area (Å²) in [4.78, 5) is 11.2. The van der Waals surface area contributed by atoms with E-state index < -0.39 is 11.4 Å². The van der Waals surface area contributed by atoms with Gasteiger partial charge in [-0.3, -0.25) is 4.79 Å². The third-order valence-corrected chi connectivity index (χ3v) is 4.25. The van der Waals surface area contributed by atoms with Gasteiger partial charge in [-0.1, -0.05) is 20.3 Å². The third-order valence-electron chi connectivity index (χ3n) is 4.25. The highest BCUT2D eigenvalue weighted by Crippen LogP contribution is 2.48. The van der Waals surface area contributed by atoms with Crippen molar-refractivity contribution in [2.24, 2.45) is 10.8 Å². The Morgan fingerprint density at radius 3 is 2.74 bits per heavy atom. The molecule has 0 bridgehead atoms. The summed E-state index contributed by atoms with van der Waals surface area (Å²) in [6, 6.07) is 0. The molecule has 1 N–H and O–H groups in total. The summed E-state index contributed by atoms with van der Waals surface area (Å²) in [6.07, 6.45) is 3.40. The zero-order chi connectivity index (χ0) is 14.3. The molecule has 1 atom stereocenters. The fraction of sp³-hybridized carbons (Fsp3) is 0.846. The average molecular weight is 266 g/mol. The van der Waals surface area contributed by atoms with Gasteiger partial charge in [0.2, 0.25) is 0 Å². The smallest absolute Gasteiger partial charge is 0.310 e. The van der Waals surface area contributed by atoms with Crippen LogP contribution in [0.25, 0.3) is 0 Å². The molecule has 0 radical (unpaired) electrons. The summed E-state index contributed by atoms with van der Waals surface area (Å²) in [5.41, 5.74) is -0.688. The van der Waals surface area contributed by atoms with E-state index in [-0.39, 0.29) is 5.41 Å². The molecule has 1 unspecified atom stereocenters. The zero-order valence-corrected chi connectivity index (χ0v) is 12.1. The van der Waals surface area contributed by atoms with Crippen molar-refractivity contribution in [3.63, 3.8) is 0 Å². The number of carbonyl (C=O) groups is 1. The lowest BCUT2D eigenvalue weighted by molar-refractivity contribution is -0.147. The van der Waals surface area contributed by atoms with Gasteiger partial charge in [0.05, 0.1) is 12.0 Å². The van der Waals surface area contributed by atoms with E-state index in [0.717, 1.165) is 18.7 Å². The quantitative estimate of drug-likeness (QED) is 0.902. The molecule has 0 aliphatic heterocycles. The number of tetrazole rings is 1. The van der Waals surface area contributed by atoms with Gasteiger partial charge in [0, 0.05) is 5.92 Å². The Morgan fingerprint density at radius 2 is 2.21 bits per heavy atom. The molecule has 1 heterocycles. The molecule has 0 amide bonds. The lowest BCUT2D eigenvalue weighted by Crippen LogP contribution is -2.31. The summed E-state index contributed by atoms with van der Waals surface area (Å²) in [7, 11) is 0. The van der Waals surface area contributed by atoms with Crippen LogP contribution in [0.3, 0.4) is 0 Å². The highest BCUT2D eigenvalue weighted by atomic mass is 16.4. The van der Waals surface area contributed by atoms with Gasteiger partial charge in [0.15, 0.2) is 5.82 Å². The van der Waals surface area contributed by atoms with E-state index in [1.165, 1.54) is 6.42 Å². The summed E-state index contributed by atoms with van der Waals surface area (Å²) < 4.78 is 1.67. The minimum atomic E-state index is -0.868. The number of hydrogen-bond acceptors (Lipinski definition) is 4. The molecule has 0 saturated heterocycles. The van der Waals surface area contributed by atoms with Crippen molar-refractivity contribution in [3.05, 3.63) is 5.82 Å². The molecule has 1 aromatic rings. The van der Waals surface area contributed by atoms with Crippen molar-refractivity contribution >= 4 is 5.97 Å². The van der Waals surface area contributed by atoms with Crippen LogP contribution in [0, 0.1) is 10.8 Å². The average Bonchev–Trinajstić information content (AvgIpc) is 2.83. The molecule has 1 aliphatic rings. The number of rotatable bonds is 4. The molecular formula is C13H22N4O2. The molecule has 19 heavy (non-hydrogen) atoms. The maximum Gasteiger partial charge on any atom is 0.310 e. The first-order valence-corrected chi connectivity index (χ1v) is 6.73. The van der Waals surface area contributed by atoms with Crippen molar-refractivity contribution in [2.75, 3.05) is 0 Å². The van der Waals surface area contributed by atoms with Crippen LogP contribution in [-0.4, -0.2) is 31.3 Å². The standard InChI is InChI=1S/C13H22N4O2/c1-12(2)7-5-6-9(12)10-14-15-16-17(10)8-13(3,4)11(18)19/h9H,5-8H2,1-4H3,(H,18,19). The Hall–Kier alpha value is -1.46. The minimum Gasteiger partial charge on any atom is -0.481 e. The van der Waals surface area contributed by atoms with Crippen LogP contribution in [0.15, 0.2) is 0 Å². The molecule has 0 spiro atoms. The number of hydrogen-bond donors (Lipinski definition) is 1. The molecule has 1 fully saturated rings. The van der Waals surface area contributed by atoms with E-state index in [1.807, 2.05) is 0 Å². The van der Waals surface area contributed by atoms with Crippen LogP contribution < -0.4 is 0 Å². The first-order valence-electron chi connectivity index (χ1n) is 6.73. The van der Waals surface area contributed by atoms with Gasteiger partial charge in [0.25, 0.3) is 0 Å². The number of carboxylic acids is 1. The maximum atomic E-state index is 11.2. The van der Waals surface area contributed by atoms with Crippen LogP contribution in [0.2, 0.25) is 0 Å². The van der Waals surface area contributed by atoms with E-state index in [4.69, 9.17) is 0 Å². The van der Waals surface area contributed by atoms with Gasteiger partial charge >= 0.3 is 5.97 Å². The molecule has 1 aliphatic carbocycles. The summed E-state index contributed by atoms with van der Waals surface area (Å²) >= 11 is 0. The Kier molecular flexibility index (Phi) is 3.36. The summed E-state index contributed by atoms with van der Waals surface area (Å²) in [5.74, 6) is 0.309. The van der Waals surface area contributed by atoms with E-state index in [2.05, 4.69) is 29.4 Å². The van der Waals surface area contributed by atoms with Crippen LogP contribution in [0.5, 0.6) is 0 Å². The number of nitrogens with zero attached hydrogens (tertiary/aromatic N) is 4. The van der Waals surface area contributed by atoms with Crippen molar-refractivity contribution in [2.45, 2.75) is 59.4 Å². The van der Waals surface area contributed by atoms with Crippen molar-refractivity contribution in [1.82, 2.24) is 20.2 Å². The van der Waals surface area contributed by atoms with Crippen molar-refractivity contribution < 1.29 is 9.90 Å². The number of aliphatic carboxylic acids is 1. The van der Waals surface area contributed by atoms with Gasteiger partial charge < -0.3 is 5.11 Å². The van der Waals surface area contributed by atoms with E-state index in [1.54, 1.807) is 18.5 Å². The lowest BCUT2D eigenvalue weighted by atomic mass is 9.81. The topological polar surface area (TPSA) is 80.9 Å². The Balaban J connectivity index is 2.26. The van der Waals surface area contributed by atoms with Crippen LogP contribution >= 0.6 is 0 Å². The molecule has 6 nitrogen and oxygen atoms in total. The molecule has 106 valence electrons. The van der Waals surface area contributed by atoms with Gasteiger partial charge in [-0.05, 0) is 42.5 Å². The van der Waals surface area contributed by atoms with Crippen LogP contribution in [0.1, 0.15) is 58.7 Å². The second-order valence-corrected chi connectivity index (χ2v) is 6.82. The zero-order valence-electron chi connectivity index (χ0n) is 12.1. The highest BCUT2D eigenvalue weighted by molar-refractivity contribution is 5.73. The van der Waals surface area contributed by atoms with Crippen molar-refractivity contribution in [3.8, 4) is 0 Å². The first-order chi connectivity index (χ1) is 8.74. The highest BCUT2D eigenvalue weighted by Gasteiger charge is 2.40. The maximum absolute atomic E-state index is 11.2. The fourth-order valence-electron chi connectivity index (χ4n) is 2.82.